The second kappa shape index (κ2) is 6.12. The fourth-order valence-electron chi connectivity index (χ4n) is 1.27. The van der Waals surface area contributed by atoms with Crippen LogP contribution in [0, 0.1) is 17.5 Å². The van der Waals surface area contributed by atoms with Crippen molar-refractivity contribution in [3.8, 4) is 0 Å². The molecule has 3 N–H and O–H groups in total. The van der Waals surface area contributed by atoms with Crippen LogP contribution in [0.1, 0.15) is 18.5 Å². The highest BCUT2D eigenvalue weighted by Gasteiger charge is 2.19. The summed E-state index contributed by atoms with van der Waals surface area (Å²) >= 11 is 1.53. The van der Waals surface area contributed by atoms with Crippen molar-refractivity contribution in [2.24, 2.45) is 5.84 Å². The van der Waals surface area contributed by atoms with Crippen LogP contribution in [-0.4, -0.2) is 11.5 Å². The molecular weight excluding hydrogens is 237 g/mol. The zero-order valence-electron chi connectivity index (χ0n) is 8.77. The molecule has 1 aromatic carbocycles. The van der Waals surface area contributed by atoms with Gasteiger partial charge in [-0.15, -0.1) is 0 Å². The summed E-state index contributed by atoms with van der Waals surface area (Å²) in [4.78, 5) is 0. The second-order valence-electron chi connectivity index (χ2n) is 3.14. The Morgan fingerprint density at radius 1 is 1.31 bits per heavy atom. The van der Waals surface area contributed by atoms with E-state index in [0.717, 1.165) is 11.8 Å². The van der Waals surface area contributed by atoms with Crippen LogP contribution in [0.5, 0.6) is 0 Å². The Labute approximate surface area is 96.4 Å². The van der Waals surface area contributed by atoms with Gasteiger partial charge >= 0.3 is 0 Å². The normalized spacial score (nSPS) is 12.8. The van der Waals surface area contributed by atoms with Crippen molar-refractivity contribution < 1.29 is 13.2 Å². The van der Waals surface area contributed by atoms with Crippen LogP contribution >= 0.6 is 11.8 Å². The highest BCUT2D eigenvalue weighted by Crippen LogP contribution is 2.23. The summed E-state index contributed by atoms with van der Waals surface area (Å²) in [5, 5.41) is 0. The molecule has 0 aliphatic heterocycles. The van der Waals surface area contributed by atoms with E-state index in [1.807, 2.05) is 6.92 Å². The summed E-state index contributed by atoms with van der Waals surface area (Å²) in [5.74, 6) is 2.75. The van der Waals surface area contributed by atoms with Crippen molar-refractivity contribution in [2.75, 3.05) is 11.5 Å². The van der Waals surface area contributed by atoms with Gasteiger partial charge < -0.3 is 0 Å². The van der Waals surface area contributed by atoms with Gasteiger partial charge in [-0.3, -0.25) is 11.3 Å². The molecular formula is C10H13F3N2S. The molecule has 0 radical (unpaired) electrons. The van der Waals surface area contributed by atoms with Crippen LogP contribution in [0.2, 0.25) is 0 Å². The van der Waals surface area contributed by atoms with Gasteiger partial charge in [-0.25, -0.2) is 13.2 Å². The van der Waals surface area contributed by atoms with Crippen LogP contribution in [0.25, 0.3) is 0 Å². The molecule has 1 rings (SSSR count). The van der Waals surface area contributed by atoms with Crippen molar-refractivity contribution in [3.05, 3.63) is 35.1 Å². The fraction of sp³-hybridized carbons (Fsp3) is 0.400. The minimum atomic E-state index is -1.46. The molecule has 1 atom stereocenters. The predicted octanol–water partition coefficient (Wildman–Crippen LogP) is 2.36. The standard InChI is InChI=1S/C10H13F3N2S/c1-2-16-5-8(15-14)6-3-4-7(11)10(13)9(6)12/h3-4,8,15H,2,5,14H2,1H3. The van der Waals surface area contributed by atoms with Gasteiger partial charge in [0.2, 0.25) is 0 Å². The molecule has 0 saturated carbocycles. The molecule has 0 spiro atoms. The lowest BCUT2D eigenvalue weighted by Crippen LogP contribution is -2.30. The molecule has 90 valence electrons. The van der Waals surface area contributed by atoms with Gasteiger partial charge in [0.1, 0.15) is 0 Å². The third-order valence-electron chi connectivity index (χ3n) is 2.13. The number of nitrogens with two attached hydrogens (primary N) is 1. The highest BCUT2D eigenvalue weighted by atomic mass is 32.2. The van der Waals surface area contributed by atoms with Gasteiger partial charge in [0.05, 0.1) is 6.04 Å². The molecule has 6 heteroatoms. The van der Waals surface area contributed by atoms with Crippen LogP contribution in [0.3, 0.4) is 0 Å². The Hall–Kier alpha value is -0.720. The topological polar surface area (TPSA) is 38.0 Å². The Bertz CT molecular complexity index is 360. The average molecular weight is 250 g/mol. The molecule has 16 heavy (non-hydrogen) atoms. The lowest BCUT2D eigenvalue weighted by atomic mass is 10.1. The van der Waals surface area contributed by atoms with Gasteiger partial charge in [0, 0.05) is 11.3 Å². The van der Waals surface area contributed by atoms with Gasteiger partial charge in [-0.05, 0) is 11.8 Å². The SMILES string of the molecule is CCSCC(NN)c1ccc(F)c(F)c1F. The van der Waals surface area contributed by atoms with Gasteiger partial charge in [0.15, 0.2) is 17.5 Å². The third kappa shape index (κ3) is 2.90. The number of hydrogen-bond donors (Lipinski definition) is 2. The molecule has 1 aromatic rings. The van der Waals surface area contributed by atoms with E-state index < -0.39 is 23.5 Å². The first-order chi connectivity index (χ1) is 7.61. The molecule has 0 fully saturated rings. The number of hydrogen-bond acceptors (Lipinski definition) is 3. The van der Waals surface area contributed by atoms with Crippen molar-refractivity contribution in [3.63, 3.8) is 0 Å². The highest BCUT2D eigenvalue weighted by molar-refractivity contribution is 7.99. The van der Waals surface area contributed by atoms with E-state index in [1.54, 1.807) is 0 Å². The predicted molar refractivity (Wildman–Crippen MR) is 59.4 cm³/mol. The Kier molecular flexibility index (Phi) is 5.11. The smallest absolute Gasteiger partial charge is 0.194 e. The Morgan fingerprint density at radius 3 is 2.56 bits per heavy atom. The third-order valence-corrected chi connectivity index (χ3v) is 3.11. The summed E-state index contributed by atoms with van der Waals surface area (Å²) < 4.78 is 39.1. The van der Waals surface area contributed by atoms with Crippen molar-refractivity contribution in [2.45, 2.75) is 13.0 Å². The molecule has 0 aromatic heterocycles. The van der Waals surface area contributed by atoms with E-state index in [-0.39, 0.29) is 5.56 Å². The number of benzene rings is 1. The van der Waals surface area contributed by atoms with Gasteiger partial charge in [0.25, 0.3) is 0 Å². The number of nitrogens with one attached hydrogen (secondary N) is 1. The first kappa shape index (κ1) is 13.3. The summed E-state index contributed by atoms with van der Waals surface area (Å²) in [6.45, 7) is 1.94. The van der Waals surface area contributed by atoms with Gasteiger partial charge in [-0.1, -0.05) is 13.0 Å². The Balaban J connectivity index is 2.96. The van der Waals surface area contributed by atoms with E-state index in [9.17, 15) is 13.2 Å². The lowest BCUT2D eigenvalue weighted by molar-refractivity contribution is 0.431. The summed E-state index contributed by atoms with van der Waals surface area (Å²) in [7, 11) is 0. The molecule has 1 unspecified atom stereocenters. The molecule has 0 bridgehead atoms. The zero-order chi connectivity index (χ0) is 12.1. The first-order valence-corrected chi connectivity index (χ1v) is 5.94. The monoisotopic (exact) mass is 250 g/mol. The molecule has 2 nitrogen and oxygen atoms in total. The second-order valence-corrected chi connectivity index (χ2v) is 4.46. The summed E-state index contributed by atoms with van der Waals surface area (Å²) in [5.41, 5.74) is 2.43. The molecule has 0 heterocycles. The van der Waals surface area contributed by atoms with Crippen LogP contribution < -0.4 is 11.3 Å². The van der Waals surface area contributed by atoms with E-state index >= 15 is 0 Å². The summed E-state index contributed by atoms with van der Waals surface area (Å²) in [6, 6.07) is 1.57. The van der Waals surface area contributed by atoms with Crippen molar-refractivity contribution in [1.29, 1.82) is 0 Å². The molecule has 0 amide bonds. The maximum absolute atomic E-state index is 13.4. The Morgan fingerprint density at radius 2 is 2.00 bits per heavy atom. The maximum atomic E-state index is 13.4. The van der Waals surface area contributed by atoms with E-state index in [4.69, 9.17) is 5.84 Å². The fourth-order valence-corrected chi connectivity index (χ4v) is 2.02. The zero-order valence-corrected chi connectivity index (χ0v) is 9.58. The average Bonchev–Trinajstić information content (AvgIpc) is 2.29. The number of hydrazine groups is 1. The minimum absolute atomic E-state index is 0.0438. The van der Waals surface area contributed by atoms with Crippen molar-refractivity contribution in [1.82, 2.24) is 5.43 Å². The van der Waals surface area contributed by atoms with Gasteiger partial charge in [-0.2, -0.15) is 11.8 Å². The molecule has 0 aliphatic rings. The largest absolute Gasteiger partial charge is 0.271 e. The minimum Gasteiger partial charge on any atom is -0.271 e. The molecule has 0 saturated heterocycles. The van der Waals surface area contributed by atoms with E-state index in [0.29, 0.717) is 5.75 Å². The molecule has 0 aliphatic carbocycles. The van der Waals surface area contributed by atoms with E-state index in [2.05, 4.69) is 5.43 Å². The van der Waals surface area contributed by atoms with Crippen LogP contribution in [-0.2, 0) is 0 Å². The number of thioether (sulfide) groups is 1. The number of halogens is 3. The van der Waals surface area contributed by atoms with E-state index in [1.165, 1.54) is 17.8 Å². The quantitative estimate of drug-likeness (QED) is 0.478. The first-order valence-electron chi connectivity index (χ1n) is 4.79. The lowest BCUT2D eigenvalue weighted by Gasteiger charge is -2.16. The van der Waals surface area contributed by atoms with Crippen molar-refractivity contribution >= 4 is 11.8 Å². The van der Waals surface area contributed by atoms with Crippen LogP contribution in [0.4, 0.5) is 13.2 Å². The maximum Gasteiger partial charge on any atom is 0.194 e. The number of rotatable bonds is 5. The summed E-state index contributed by atoms with van der Waals surface area (Å²) in [6.07, 6.45) is 0. The van der Waals surface area contributed by atoms with Crippen LogP contribution in [0.15, 0.2) is 12.1 Å².